The average molecular weight is 203 g/mol. The van der Waals surface area contributed by atoms with Gasteiger partial charge >= 0.3 is 0 Å². The third-order valence-corrected chi connectivity index (χ3v) is 3.20. The highest BCUT2D eigenvalue weighted by Gasteiger charge is 2.06. The van der Waals surface area contributed by atoms with E-state index in [1.807, 2.05) is 19.1 Å². The minimum absolute atomic E-state index is 0.0144. The van der Waals surface area contributed by atoms with E-state index < -0.39 is 0 Å². The molecule has 1 heterocycles. The average Bonchev–Trinajstić information content (AvgIpc) is 2.56. The van der Waals surface area contributed by atoms with Crippen molar-refractivity contribution in [3.63, 3.8) is 0 Å². The molecule has 2 nitrogen and oxygen atoms in total. The predicted octanol–water partition coefficient (Wildman–Crippen LogP) is 2.57. The van der Waals surface area contributed by atoms with Gasteiger partial charge in [-0.3, -0.25) is 0 Å². The molecule has 0 fully saturated rings. The summed E-state index contributed by atoms with van der Waals surface area (Å²) in [6, 6.07) is 7.88. The number of hydrogen-bond acceptors (Lipinski definition) is 3. The number of nitrogens with zero attached hydrogens (tertiary/aromatic N) is 1. The van der Waals surface area contributed by atoms with Crippen LogP contribution in [-0.2, 0) is 6.61 Å². The van der Waals surface area contributed by atoms with Gasteiger partial charge in [0, 0.05) is 4.88 Å². The Hall–Kier alpha value is -1.37. The lowest BCUT2D eigenvalue weighted by molar-refractivity contribution is 0.282. The van der Waals surface area contributed by atoms with Crippen LogP contribution in [0.5, 0.6) is 0 Å². The molecular weight excluding hydrogens is 194 g/mol. The number of aliphatic hydroxyl groups excluding tert-OH is 1. The van der Waals surface area contributed by atoms with Gasteiger partial charge in [-0.15, -0.1) is 11.3 Å². The largest absolute Gasteiger partial charge is 0.392 e. The van der Waals surface area contributed by atoms with Crippen molar-refractivity contribution in [3.8, 4) is 6.07 Å². The second-order valence-corrected chi connectivity index (χ2v) is 4.45. The van der Waals surface area contributed by atoms with Gasteiger partial charge in [0.15, 0.2) is 0 Å². The van der Waals surface area contributed by atoms with E-state index in [0.717, 1.165) is 15.6 Å². The van der Waals surface area contributed by atoms with Crippen LogP contribution >= 0.6 is 11.3 Å². The predicted molar refractivity (Wildman–Crippen MR) is 57.2 cm³/mol. The van der Waals surface area contributed by atoms with Gasteiger partial charge in [0.2, 0.25) is 0 Å². The van der Waals surface area contributed by atoms with Crippen molar-refractivity contribution in [1.29, 1.82) is 5.26 Å². The Bertz CT molecular complexity index is 522. The Morgan fingerprint density at radius 1 is 1.43 bits per heavy atom. The molecule has 3 heteroatoms. The SMILES string of the molecule is Cc1cc2cc(CO)cc(C#N)c2s1. The molecule has 14 heavy (non-hydrogen) atoms. The van der Waals surface area contributed by atoms with Crippen LogP contribution in [0.4, 0.5) is 0 Å². The number of aliphatic hydroxyl groups is 1. The Labute approximate surface area is 86.0 Å². The van der Waals surface area contributed by atoms with Crippen LogP contribution in [0.3, 0.4) is 0 Å². The van der Waals surface area contributed by atoms with Crippen molar-refractivity contribution in [2.75, 3.05) is 0 Å². The molecule has 0 aliphatic heterocycles. The third kappa shape index (κ3) is 1.39. The molecule has 2 aromatic rings. The summed E-state index contributed by atoms with van der Waals surface area (Å²) in [6.07, 6.45) is 0. The summed E-state index contributed by atoms with van der Waals surface area (Å²) in [4.78, 5) is 1.19. The fraction of sp³-hybridized carbons (Fsp3) is 0.182. The van der Waals surface area contributed by atoms with Crippen molar-refractivity contribution < 1.29 is 5.11 Å². The molecule has 0 bridgehead atoms. The molecule has 70 valence electrons. The van der Waals surface area contributed by atoms with E-state index in [0.29, 0.717) is 5.56 Å². The van der Waals surface area contributed by atoms with Crippen molar-refractivity contribution in [1.82, 2.24) is 0 Å². The molecule has 1 aromatic carbocycles. The highest BCUT2D eigenvalue weighted by atomic mass is 32.1. The zero-order valence-electron chi connectivity index (χ0n) is 7.74. The smallest absolute Gasteiger partial charge is 0.101 e. The standard InChI is InChI=1S/C11H9NOS/c1-7-2-9-3-8(6-13)4-10(5-12)11(9)14-7/h2-4,13H,6H2,1H3. The van der Waals surface area contributed by atoms with Crippen LogP contribution in [0.25, 0.3) is 10.1 Å². The van der Waals surface area contributed by atoms with Crippen molar-refractivity contribution in [2.24, 2.45) is 0 Å². The molecule has 0 saturated carbocycles. The molecule has 0 aliphatic carbocycles. The first-order valence-electron chi connectivity index (χ1n) is 4.28. The first-order valence-corrected chi connectivity index (χ1v) is 5.10. The van der Waals surface area contributed by atoms with Gasteiger partial charge in [0.25, 0.3) is 0 Å². The Morgan fingerprint density at radius 2 is 2.21 bits per heavy atom. The molecule has 2 rings (SSSR count). The number of hydrogen-bond donors (Lipinski definition) is 1. The summed E-state index contributed by atoms with van der Waals surface area (Å²) in [7, 11) is 0. The third-order valence-electron chi connectivity index (χ3n) is 2.10. The van der Waals surface area contributed by atoms with Gasteiger partial charge in [-0.05, 0) is 36.1 Å². The maximum atomic E-state index is 9.02. The van der Waals surface area contributed by atoms with E-state index in [1.165, 1.54) is 4.88 Å². The van der Waals surface area contributed by atoms with Crippen molar-refractivity contribution >= 4 is 21.4 Å². The second kappa shape index (κ2) is 3.41. The molecule has 1 aromatic heterocycles. The van der Waals surface area contributed by atoms with Crippen LogP contribution in [-0.4, -0.2) is 5.11 Å². The van der Waals surface area contributed by atoms with Crippen molar-refractivity contribution in [2.45, 2.75) is 13.5 Å². The first-order chi connectivity index (χ1) is 6.74. The fourth-order valence-electron chi connectivity index (χ4n) is 1.52. The molecule has 0 saturated heterocycles. The Morgan fingerprint density at radius 3 is 2.86 bits per heavy atom. The molecule has 0 spiro atoms. The van der Waals surface area contributed by atoms with Crippen LogP contribution in [0.1, 0.15) is 16.0 Å². The Kier molecular flexibility index (Phi) is 2.24. The number of rotatable bonds is 1. The highest BCUT2D eigenvalue weighted by Crippen LogP contribution is 2.29. The summed E-state index contributed by atoms with van der Waals surface area (Å²) in [5, 5.41) is 19.0. The summed E-state index contributed by atoms with van der Waals surface area (Å²) in [5.41, 5.74) is 1.46. The van der Waals surface area contributed by atoms with E-state index in [-0.39, 0.29) is 6.61 Å². The lowest BCUT2D eigenvalue weighted by Crippen LogP contribution is -1.84. The van der Waals surface area contributed by atoms with Gasteiger partial charge in [-0.2, -0.15) is 5.26 Å². The maximum absolute atomic E-state index is 9.02. The highest BCUT2D eigenvalue weighted by molar-refractivity contribution is 7.19. The number of thiophene rings is 1. The number of nitriles is 1. The van der Waals surface area contributed by atoms with Gasteiger partial charge in [-0.25, -0.2) is 0 Å². The minimum Gasteiger partial charge on any atom is -0.392 e. The molecule has 1 N–H and O–H groups in total. The van der Waals surface area contributed by atoms with Crippen molar-refractivity contribution in [3.05, 3.63) is 34.2 Å². The van der Waals surface area contributed by atoms with Crippen LogP contribution in [0.15, 0.2) is 18.2 Å². The van der Waals surface area contributed by atoms with E-state index >= 15 is 0 Å². The zero-order valence-corrected chi connectivity index (χ0v) is 8.56. The zero-order chi connectivity index (χ0) is 10.1. The molecule has 0 aliphatic rings. The van der Waals surface area contributed by atoms with Crippen LogP contribution in [0.2, 0.25) is 0 Å². The number of aryl methyl sites for hydroxylation is 1. The van der Waals surface area contributed by atoms with E-state index in [1.54, 1.807) is 17.4 Å². The van der Waals surface area contributed by atoms with Crippen LogP contribution in [0, 0.1) is 18.3 Å². The van der Waals surface area contributed by atoms with E-state index in [2.05, 4.69) is 6.07 Å². The Balaban J connectivity index is 2.80. The van der Waals surface area contributed by atoms with Gasteiger partial charge in [-0.1, -0.05) is 0 Å². The molecule has 0 amide bonds. The molecule has 0 unspecified atom stereocenters. The van der Waals surface area contributed by atoms with Gasteiger partial charge in [0.1, 0.15) is 6.07 Å². The number of fused-ring (bicyclic) bond motifs is 1. The van der Waals surface area contributed by atoms with Crippen LogP contribution < -0.4 is 0 Å². The summed E-state index contributed by atoms with van der Waals surface area (Å²) >= 11 is 1.62. The molecule has 0 atom stereocenters. The second-order valence-electron chi connectivity index (χ2n) is 3.19. The quantitative estimate of drug-likeness (QED) is 0.774. The minimum atomic E-state index is -0.0144. The topological polar surface area (TPSA) is 44.0 Å². The number of benzene rings is 1. The molecule has 0 radical (unpaired) electrons. The van der Waals surface area contributed by atoms with E-state index in [4.69, 9.17) is 10.4 Å². The normalized spacial score (nSPS) is 10.4. The summed E-state index contributed by atoms with van der Waals surface area (Å²) in [5.74, 6) is 0. The lowest BCUT2D eigenvalue weighted by atomic mass is 10.1. The van der Waals surface area contributed by atoms with E-state index in [9.17, 15) is 0 Å². The van der Waals surface area contributed by atoms with Gasteiger partial charge in [0.05, 0.1) is 16.9 Å². The monoisotopic (exact) mass is 203 g/mol. The maximum Gasteiger partial charge on any atom is 0.101 e. The van der Waals surface area contributed by atoms with Gasteiger partial charge < -0.3 is 5.11 Å². The first kappa shape index (κ1) is 9.20. The lowest BCUT2D eigenvalue weighted by Gasteiger charge is -1.98. The molecular formula is C11H9NOS. The fourth-order valence-corrected chi connectivity index (χ4v) is 2.48. The summed E-state index contributed by atoms with van der Waals surface area (Å²) in [6.45, 7) is 2.00. The summed E-state index contributed by atoms with van der Waals surface area (Å²) < 4.78 is 1.02.